The fourth-order valence-electron chi connectivity index (χ4n) is 4.71. The van der Waals surface area contributed by atoms with Crippen LogP contribution >= 0.6 is 11.6 Å². The van der Waals surface area contributed by atoms with Crippen molar-refractivity contribution in [1.29, 1.82) is 0 Å². The Morgan fingerprint density at radius 2 is 1.91 bits per heavy atom. The number of amidine groups is 1. The Kier molecular flexibility index (Phi) is 9.01. The van der Waals surface area contributed by atoms with E-state index in [9.17, 15) is 22.4 Å². The molecule has 0 aliphatic heterocycles. The number of amides is 1. The SMILES string of the molecule is CCC(=O)N[C@@H](Cc1cc(C)cc(F)c1)c1nc2nc(N)ccc2c(=O)n1-c1ccc(Cl)c(C(N)=NS(C)(=O)=O)c1NC. The summed E-state index contributed by atoms with van der Waals surface area (Å²) in [7, 11) is -2.39. The Morgan fingerprint density at radius 1 is 1.19 bits per heavy atom. The number of carbonyl (C=O) groups excluding carboxylic acids is 1. The molecule has 2 aromatic heterocycles. The van der Waals surface area contributed by atoms with E-state index in [2.05, 4.69) is 25.0 Å². The summed E-state index contributed by atoms with van der Waals surface area (Å²) in [4.78, 5) is 35.9. The number of hydrogen-bond acceptors (Lipinski definition) is 8. The molecule has 0 aliphatic carbocycles. The molecular weight excluding hydrogens is 599 g/mol. The molecule has 0 bridgehead atoms. The van der Waals surface area contributed by atoms with Gasteiger partial charge in [-0.3, -0.25) is 14.2 Å². The van der Waals surface area contributed by atoms with Gasteiger partial charge in [-0.25, -0.2) is 22.8 Å². The molecule has 0 aliphatic rings. The van der Waals surface area contributed by atoms with Crippen molar-refractivity contribution in [2.24, 2.45) is 10.1 Å². The molecule has 0 saturated heterocycles. The van der Waals surface area contributed by atoms with Crippen LogP contribution in [0.2, 0.25) is 5.02 Å². The van der Waals surface area contributed by atoms with Gasteiger partial charge in [0, 0.05) is 19.9 Å². The summed E-state index contributed by atoms with van der Waals surface area (Å²) in [6.07, 6.45) is 1.05. The van der Waals surface area contributed by atoms with Gasteiger partial charge in [0.15, 0.2) is 5.65 Å². The van der Waals surface area contributed by atoms with Crippen molar-refractivity contribution in [2.75, 3.05) is 24.4 Å². The third-order valence-corrected chi connectivity index (χ3v) is 7.28. The Labute approximate surface area is 252 Å². The molecule has 2 heterocycles. The van der Waals surface area contributed by atoms with Crippen LogP contribution in [0.15, 0.2) is 51.7 Å². The first-order valence-electron chi connectivity index (χ1n) is 13.0. The third-order valence-electron chi connectivity index (χ3n) is 6.43. The topological polar surface area (TPSA) is 187 Å². The van der Waals surface area contributed by atoms with Gasteiger partial charge in [-0.05, 0) is 54.4 Å². The number of benzene rings is 2. The zero-order valence-corrected chi connectivity index (χ0v) is 25.3. The van der Waals surface area contributed by atoms with Crippen LogP contribution < -0.4 is 27.7 Å². The number of nitrogen functional groups attached to an aromatic ring is 1. The minimum absolute atomic E-state index is 0.0235. The summed E-state index contributed by atoms with van der Waals surface area (Å²) in [6.45, 7) is 3.40. The molecule has 4 aromatic rings. The molecule has 43 heavy (non-hydrogen) atoms. The van der Waals surface area contributed by atoms with Crippen molar-refractivity contribution in [3.63, 3.8) is 0 Å². The van der Waals surface area contributed by atoms with E-state index in [0.29, 0.717) is 11.1 Å². The van der Waals surface area contributed by atoms with Gasteiger partial charge in [0.1, 0.15) is 23.3 Å². The molecule has 12 nitrogen and oxygen atoms in total. The monoisotopic (exact) mass is 628 g/mol. The van der Waals surface area contributed by atoms with Crippen molar-refractivity contribution in [3.05, 3.63) is 86.2 Å². The Morgan fingerprint density at radius 3 is 2.53 bits per heavy atom. The first-order chi connectivity index (χ1) is 20.2. The number of pyridine rings is 1. The summed E-state index contributed by atoms with van der Waals surface area (Å²) in [5.41, 5.74) is 13.0. The highest BCUT2D eigenvalue weighted by Gasteiger charge is 2.27. The lowest BCUT2D eigenvalue weighted by Gasteiger charge is -2.25. The maximum absolute atomic E-state index is 14.4. The zero-order valence-electron chi connectivity index (χ0n) is 23.8. The van der Waals surface area contributed by atoms with E-state index in [1.807, 2.05) is 0 Å². The van der Waals surface area contributed by atoms with Crippen LogP contribution in [0.1, 0.15) is 41.9 Å². The predicted octanol–water partition coefficient (Wildman–Crippen LogP) is 2.98. The summed E-state index contributed by atoms with van der Waals surface area (Å²) >= 11 is 6.46. The quantitative estimate of drug-likeness (QED) is 0.160. The molecule has 1 amide bonds. The predicted molar refractivity (Wildman–Crippen MR) is 166 cm³/mol. The number of hydrogen-bond donors (Lipinski definition) is 4. The number of aromatic nitrogens is 3. The molecular formula is C28H30ClFN8O4S. The number of aryl methyl sites for hydroxylation is 1. The minimum Gasteiger partial charge on any atom is -0.386 e. The number of nitrogens with one attached hydrogen (secondary N) is 2. The van der Waals surface area contributed by atoms with E-state index in [1.165, 1.54) is 48.0 Å². The lowest BCUT2D eigenvalue weighted by molar-refractivity contribution is -0.121. The number of nitrogens with zero attached hydrogens (tertiary/aromatic N) is 4. The molecule has 6 N–H and O–H groups in total. The summed E-state index contributed by atoms with van der Waals surface area (Å²) in [6, 6.07) is 9.36. The maximum atomic E-state index is 14.4. The third kappa shape index (κ3) is 6.92. The smallest absolute Gasteiger partial charge is 0.267 e. The molecule has 1 atom stereocenters. The van der Waals surface area contributed by atoms with Crippen LogP contribution in [0.4, 0.5) is 15.9 Å². The largest absolute Gasteiger partial charge is 0.386 e. The van der Waals surface area contributed by atoms with E-state index in [1.54, 1.807) is 19.9 Å². The van der Waals surface area contributed by atoms with Crippen molar-refractivity contribution in [3.8, 4) is 5.69 Å². The first-order valence-corrected chi connectivity index (χ1v) is 15.3. The number of fused-ring (bicyclic) bond motifs is 1. The second-order valence-electron chi connectivity index (χ2n) is 9.81. The van der Waals surface area contributed by atoms with Gasteiger partial charge in [0.25, 0.3) is 15.6 Å². The second kappa shape index (κ2) is 12.4. The van der Waals surface area contributed by atoms with Crippen LogP contribution in [-0.2, 0) is 21.2 Å². The number of anilines is 2. The summed E-state index contributed by atoms with van der Waals surface area (Å²) in [5, 5.41) is 5.99. The van der Waals surface area contributed by atoms with Gasteiger partial charge in [-0.2, -0.15) is 0 Å². The number of sulfonamides is 1. The highest BCUT2D eigenvalue weighted by atomic mass is 35.5. The molecule has 0 unspecified atom stereocenters. The van der Waals surface area contributed by atoms with Gasteiger partial charge in [-0.15, -0.1) is 4.40 Å². The van der Waals surface area contributed by atoms with Crippen LogP contribution in [0.3, 0.4) is 0 Å². The van der Waals surface area contributed by atoms with Crippen LogP contribution in [0.5, 0.6) is 0 Å². The number of rotatable bonds is 9. The summed E-state index contributed by atoms with van der Waals surface area (Å²) in [5.74, 6) is -1.07. The van der Waals surface area contributed by atoms with Crippen LogP contribution in [-0.4, -0.2) is 48.0 Å². The lowest BCUT2D eigenvalue weighted by Crippen LogP contribution is -2.36. The number of halogens is 2. The van der Waals surface area contributed by atoms with Gasteiger partial charge < -0.3 is 22.1 Å². The van der Waals surface area contributed by atoms with Crippen LogP contribution in [0, 0.1) is 12.7 Å². The molecule has 0 saturated carbocycles. The fraction of sp³-hybridized carbons (Fsp3) is 0.250. The van der Waals surface area contributed by atoms with E-state index < -0.39 is 33.3 Å². The zero-order chi connectivity index (χ0) is 31.6. The summed E-state index contributed by atoms with van der Waals surface area (Å²) < 4.78 is 43.0. The van der Waals surface area contributed by atoms with Gasteiger partial charge >= 0.3 is 0 Å². The van der Waals surface area contributed by atoms with Gasteiger partial charge in [-0.1, -0.05) is 24.6 Å². The Balaban J connectivity index is 2.11. The second-order valence-corrected chi connectivity index (χ2v) is 11.9. The van der Waals surface area contributed by atoms with Crippen LogP contribution in [0.25, 0.3) is 16.7 Å². The highest BCUT2D eigenvalue weighted by Crippen LogP contribution is 2.33. The molecule has 226 valence electrons. The van der Waals surface area contributed by atoms with Crippen molar-refractivity contribution in [1.82, 2.24) is 19.9 Å². The molecule has 4 rings (SSSR count). The Hall–Kier alpha value is -4.56. The first kappa shape index (κ1) is 31.4. The fourth-order valence-corrected chi connectivity index (χ4v) is 5.42. The van der Waals surface area contributed by atoms with E-state index in [-0.39, 0.29) is 63.4 Å². The maximum Gasteiger partial charge on any atom is 0.267 e. The lowest BCUT2D eigenvalue weighted by atomic mass is 10.0. The van der Waals surface area contributed by atoms with E-state index in [0.717, 1.165) is 6.26 Å². The van der Waals surface area contributed by atoms with E-state index in [4.69, 9.17) is 23.1 Å². The molecule has 0 fully saturated rings. The highest BCUT2D eigenvalue weighted by molar-refractivity contribution is 7.89. The molecule has 15 heteroatoms. The average molecular weight is 629 g/mol. The van der Waals surface area contributed by atoms with Gasteiger partial charge in [0.2, 0.25) is 5.91 Å². The standard InChI is InChI=1S/C28H30ClFN8O4S/c1-5-22(39)34-19(13-15-10-14(2)11-16(30)12-15)27-36-26-17(6-9-21(31)35-26)28(40)38(27)20-8-7-18(29)23(24(20)33-3)25(32)37-43(4,41)42/h6-12,19,33H,5,13H2,1-4H3,(H2,31,35)(H2,32,37)(H,34,39)/t19-/m0/s1. The van der Waals surface area contributed by atoms with Crippen molar-refractivity contribution < 1.29 is 17.6 Å². The van der Waals surface area contributed by atoms with Gasteiger partial charge in [0.05, 0.1) is 39.6 Å². The number of carbonyl (C=O) groups is 1. The number of nitrogens with two attached hydrogens (primary N) is 2. The molecule has 0 radical (unpaired) electrons. The normalized spacial score (nSPS) is 12.7. The average Bonchev–Trinajstić information content (AvgIpc) is 2.90. The van der Waals surface area contributed by atoms with E-state index >= 15 is 0 Å². The van der Waals surface area contributed by atoms with Crippen molar-refractivity contribution in [2.45, 2.75) is 32.7 Å². The van der Waals surface area contributed by atoms with Crippen molar-refractivity contribution >= 4 is 55.9 Å². The molecule has 2 aromatic carbocycles. The molecule has 0 spiro atoms. The minimum atomic E-state index is -3.91. The Bertz CT molecular complexity index is 1930.